The number of unbranched alkanes of at least 4 members (excludes halogenated alkanes) is 2. The van der Waals surface area contributed by atoms with Crippen molar-refractivity contribution in [3.63, 3.8) is 0 Å². The first-order chi connectivity index (χ1) is 8.36. The summed E-state index contributed by atoms with van der Waals surface area (Å²) in [4.78, 5) is 2.69. The Morgan fingerprint density at radius 2 is 2.06 bits per heavy atom. The molecule has 1 atom stereocenters. The topological polar surface area (TPSA) is 15.3 Å². The first-order valence-electron chi connectivity index (χ1n) is 7.31. The Morgan fingerprint density at radius 1 is 1.24 bits per heavy atom. The van der Waals surface area contributed by atoms with Gasteiger partial charge in [-0.25, -0.2) is 0 Å². The summed E-state index contributed by atoms with van der Waals surface area (Å²) in [6, 6.07) is 0.771. The van der Waals surface area contributed by atoms with E-state index in [4.69, 9.17) is 0 Å². The fourth-order valence-electron chi connectivity index (χ4n) is 2.48. The van der Waals surface area contributed by atoms with Gasteiger partial charge in [0.15, 0.2) is 0 Å². The summed E-state index contributed by atoms with van der Waals surface area (Å²) in [6.07, 6.45) is 10.4. The average Bonchev–Trinajstić information content (AvgIpc) is 2.84. The molecule has 0 amide bonds. The number of nitrogens with zero attached hydrogens (tertiary/aromatic N) is 1. The molecule has 0 aliphatic carbocycles. The summed E-state index contributed by atoms with van der Waals surface area (Å²) < 4.78 is 0. The third-order valence-electron chi connectivity index (χ3n) is 3.54. The molecule has 1 aliphatic rings. The molecule has 1 N–H and O–H groups in total. The van der Waals surface area contributed by atoms with E-state index < -0.39 is 0 Å². The van der Waals surface area contributed by atoms with Crippen LogP contribution >= 0.6 is 11.8 Å². The maximum Gasteiger partial charge on any atom is 0.0195 e. The predicted octanol–water partition coefficient (Wildman–Crippen LogP) is 2.98. The SMILES string of the molecule is CCCCN(CCCCSC)CC1CCCN1. The summed E-state index contributed by atoms with van der Waals surface area (Å²) in [5.41, 5.74) is 0. The molecule has 1 rings (SSSR count). The van der Waals surface area contributed by atoms with E-state index in [1.807, 2.05) is 11.8 Å². The van der Waals surface area contributed by atoms with Crippen LogP contribution in [0.2, 0.25) is 0 Å². The van der Waals surface area contributed by atoms with Gasteiger partial charge in [-0.1, -0.05) is 13.3 Å². The van der Waals surface area contributed by atoms with E-state index in [0.29, 0.717) is 0 Å². The van der Waals surface area contributed by atoms with E-state index in [9.17, 15) is 0 Å². The monoisotopic (exact) mass is 258 g/mol. The van der Waals surface area contributed by atoms with Gasteiger partial charge in [-0.15, -0.1) is 0 Å². The van der Waals surface area contributed by atoms with Crippen molar-refractivity contribution < 1.29 is 0 Å². The summed E-state index contributed by atoms with van der Waals surface area (Å²) in [5.74, 6) is 1.32. The van der Waals surface area contributed by atoms with Gasteiger partial charge < -0.3 is 10.2 Å². The van der Waals surface area contributed by atoms with Gasteiger partial charge in [-0.3, -0.25) is 0 Å². The van der Waals surface area contributed by atoms with E-state index in [0.717, 1.165) is 6.04 Å². The second-order valence-electron chi connectivity index (χ2n) is 5.15. The Bertz CT molecular complexity index is 170. The maximum absolute atomic E-state index is 3.62. The van der Waals surface area contributed by atoms with Crippen LogP contribution in [0, 0.1) is 0 Å². The van der Waals surface area contributed by atoms with Gasteiger partial charge in [-0.2, -0.15) is 11.8 Å². The minimum atomic E-state index is 0.771. The largest absolute Gasteiger partial charge is 0.313 e. The van der Waals surface area contributed by atoms with E-state index in [1.165, 1.54) is 70.5 Å². The molecule has 0 spiro atoms. The second-order valence-corrected chi connectivity index (χ2v) is 6.13. The molecule has 1 aliphatic heterocycles. The van der Waals surface area contributed by atoms with E-state index in [-0.39, 0.29) is 0 Å². The standard InChI is InChI=1S/C14H30N2S/c1-3-4-10-16(11-5-6-12-17-2)13-14-8-7-9-15-14/h14-15H,3-13H2,1-2H3. The molecule has 0 bridgehead atoms. The highest BCUT2D eigenvalue weighted by molar-refractivity contribution is 7.98. The van der Waals surface area contributed by atoms with Crippen molar-refractivity contribution in [2.75, 3.05) is 38.2 Å². The molecule has 3 heteroatoms. The van der Waals surface area contributed by atoms with Crippen LogP contribution in [0.25, 0.3) is 0 Å². The van der Waals surface area contributed by atoms with Gasteiger partial charge >= 0.3 is 0 Å². The fourth-order valence-corrected chi connectivity index (χ4v) is 2.97. The molecule has 0 aromatic rings. The van der Waals surface area contributed by atoms with Gasteiger partial charge in [0.05, 0.1) is 0 Å². The molecule has 1 heterocycles. The quantitative estimate of drug-likeness (QED) is 0.607. The minimum Gasteiger partial charge on any atom is -0.313 e. The lowest BCUT2D eigenvalue weighted by Crippen LogP contribution is -2.38. The molecule has 0 saturated carbocycles. The van der Waals surface area contributed by atoms with Crippen molar-refractivity contribution in [3.8, 4) is 0 Å². The molecule has 17 heavy (non-hydrogen) atoms. The van der Waals surface area contributed by atoms with Gasteiger partial charge in [0.1, 0.15) is 0 Å². The molecule has 1 fully saturated rings. The van der Waals surface area contributed by atoms with E-state index >= 15 is 0 Å². The highest BCUT2D eigenvalue weighted by atomic mass is 32.2. The zero-order chi connectivity index (χ0) is 12.3. The summed E-state index contributed by atoms with van der Waals surface area (Å²) in [6.45, 7) is 7.41. The van der Waals surface area contributed by atoms with Crippen molar-refractivity contribution in [2.24, 2.45) is 0 Å². The Kier molecular flexibility index (Phi) is 9.21. The van der Waals surface area contributed by atoms with E-state index in [2.05, 4.69) is 23.4 Å². The normalized spacial score (nSPS) is 20.3. The van der Waals surface area contributed by atoms with E-state index in [1.54, 1.807) is 0 Å². The number of nitrogens with one attached hydrogen (secondary N) is 1. The van der Waals surface area contributed by atoms with Crippen molar-refractivity contribution in [1.29, 1.82) is 0 Å². The number of rotatable bonds is 10. The molecule has 102 valence electrons. The fraction of sp³-hybridized carbons (Fsp3) is 1.00. The Labute approximate surface area is 112 Å². The molecular weight excluding hydrogens is 228 g/mol. The zero-order valence-electron chi connectivity index (χ0n) is 11.7. The van der Waals surface area contributed by atoms with Gasteiger partial charge in [-0.05, 0) is 63.7 Å². The summed E-state index contributed by atoms with van der Waals surface area (Å²) in [7, 11) is 0. The lowest BCUT2D eigenvalue weighted by molar-refractivity contribution is 0.242. The second kappa shape index (κ2) is 10.2. The van der Waals surface area contributed by atoms with Crippen molar-refractivity contribution in [1.82, 2.24) is 10.2 Å². The Balaban J connectivity index is 2.16. The average molecular weight is 258 g/mol. The van der Waals surface area contributed by atoms with Crippen LogP contribution in [0.5, 0.6) is 0 Å². The van der Waals surface area contributed by atoms with Crippen LogP contribution in [0.1, 0.15) is 45.4 Å². The first-order valence-corrected chi connectivity index (χ1v) is 8.71. The number of thioether (sulfide) groups is 1. The van der Waals surface area contributed by atoms with Gasteiger partial charge in [0.2, 0.25) is 0 Å². The lowest BCUT2D eigenvalue weighted by atomic mass is 10.2. The highest BCUT2D eigenvalue weighted by Crippen LogP contribution is 2.09. The molecule has 1 saturated heterocycles. The smallest absolute Gasteiger partial charge is 0.0195 e. The van der Waals surface area contributed by atoms with Gasteiger partial charge in [0.25, 0.3) is 0 Å². The molecule has 0 radical (unpaired) electrons. The zero-order valence-corrected chi connectivity index (χ0v) is 12.5. The van der Waals surface area contributed by atoms with Crippen LogP contribution < -0.4 is 5.32 Å². The number of hydrogen-bond donors (Lipinski definition) is 1. The van der Waals surface area contributed by atoms with Crippen LogP contribution in [0.15, 0.2) is 0 Å². The number of hydrogen-bond acceptors (Lipinski definition) is 3. The summed E-state index contributed by atoms with van der Waals surface area (Å²) >= 11 is 1.97. The molecule has 0 aromatic carbocycles. The molecule has 1 unspecified atom stereocenters. The summed E-state index contributed by atoms with van der Waals surface area (Å²) in [5, 5.41) is 3.62. The third-order valence-corrected chi connectivity index (χ3v) is 4.24. The van der Waals surface area contributed by atoms with Gasteiger partial charge in [0, 0.05) is 12.6 Å². The Morgan fingerprint density at radius 3 is 2.71 bits per heavy atom. The molecule has 0 aromatic heterocycles. The lowest BCUT2D eigenvalue weighted by Gasteiger charge is -2.25. The molecular formula is C14H30N2S. The van der Waals surface area contributed by atoms with Crippen LogP contribution in [-0.2, 0) is 0 Å². The van der Waals surface area contributed by atoms with Crippen LogP contribution in [0.4, 0.5) is 0 Å². The maximum atomic E-state index is 3.62. The van der Waals surface area contributed by atoms with Crippen LogP contribution in [0.3, 0.4) is 0 Å². The minimum absolute atomic E-state index is 0.771. The first kappa shape index (κ1) is 15.3. The Hall–Kier alpha value is 0.270. The van der Waals surface area contributed by atoms with Crippen molar-refractivity contribution in [2.45, 2.75) is 51.5 Å². The predicted molar refractivity (Wildman–Crippen MR) is 80.0 cm³/mol. The molecule has 2 nitrogen and oxygen atoms in total. The van der Waals surface area contributed by atoms with Crippen molar-refractivity contribution in [3.05, 3.63) is 0 Å². The van der Waals surface area contributed by atoms with Crippen molar-refractivity contribution >= 4 is 11.8 Å². The third kappa shape index (κ3) is 7.32. The highest BCUT2D eigenvalue weighted by Gasteiger charge is 2.17. The van der Waals surface area contributed by atoms with Crippen LogP contribution in [-0.4, -0.2) is 49.1 Å².